The van der Waals surface area contributed by atoms with E-state index < -0.39 is 0 Å². The number of hydrogen-bond acceptors (Lipinski definition) is 2. The predicted molar refractivity (Wildman–Crippen MR) is 92.1 cm³/mol. The minimum absolute atomic E-state index is 0.384. The standard InChI is InChI=1S/C18H22BrNO/c1-13-5-4-6-14(9-13)10-17(20-2)12-15-11-16(19)7-8-18(15)21-3/h4-9,11,17,20H,10,12H2,1-3H3. The van der Waals surface area contributed by atoms with Gasteiger partial charge in [0.25, 0.3) is 0 Å². The average Bonchev–Trinajstić information content (AvgIpc) is 2.47. The molecule has 0 aliphatic heterocycles. The highest BCUT2D eigenvalue weighted by atomic mass is 79.9. The molecule has 0 saturated carbocycles. The average molecular weight is 348 g/mol. The Labute approximate surface area is 135 Å². The smallest absolute Gasteiger partial charge is 0.122 e. The molecule has 2 rings (SSSR count). The first-order valence-electron chi connectivity index (χ1n) is 7.17. The molecule has 0 spiro atoms. The molecule has 0 heterocycles. The number of ether oxygens (including phenoxy) is 1. The van der Waals surface area contributed by atoms with Gasteiger partial charge in [0, 0.05) is 10.5 Å². The normalized spacial score (nSPS) is 12.2. The van der Waals surface area contributed by atoms with Gasteiger partial charge >= 0.3 is 0 Å². The van der Waals surface area contributed by atoms with Crippen molar-refractivity contribution >= 4 is 15.9 Å². The SMILES string of the molecule is CNC(Cc1cccc(C)c1)Cc1cc(Br)ccc1OC. The third-order valence-corrected chi connectivity index (χ3v) is 4.17. The number of aryl methyl sites for hydroxylation is 1. The minimum Gasteiger partial charge on any atom is -0.496 e. The molecule has 0 bridgehead atoms. The van der Waals surface area contributed by atoms with Gasteiger partial charge in [-0.3, -0.25) is 0 Å². The Balaban J connectivity index is 2.14. The molecule has 1 N–H and O–H groups in total. The Morgan fingerprint density at radius 3 is 2.62 bits per heavy atom. The van der Waals surface area contributed by atoms with Gasteiger partial charge in [0.15, 0.2) is 0 Å². The summed E-state index contributed by atoms with van der Waals surface area (Å²) in [5.74, 6) is 0.947. The summed E-state index contributed by atoms with van der Waals surface area (Å²) in [6.07, 6.45) is 1.95. The summed E-state index contributed by atoms with van der Waals surface area (Å²) in [6, 6.07) is 15.2. The van der Waals surface area contributed by atoms with Crippen LogP contribution in [0.5, 0.6) is 5.75 Å². The molecule has 0 radical (unpaired) electrons. The van der Waals surface area contributed by atoms with E-state index in [2.05, 4.69) is 58.5 Å². The van der Waals surface area contributed by atoms with Crippen LogP contribution in [0, 0.1) is 6.92 Å². The van der Waals surface area contributed by atoms with Crippen LogP contribution in [0.2, 0.25) is 0 Å². The van der Waals surface area contributed by atoms with E-state index in [1.54, 1.807) is 7.11 Å². The van der Waals surface area contributed by atoms with Crippen LogP contribution in [0.3, 0.4) is 0 Å². The van der Waals surface area contributed by atoms with Crippen LogP contribution >= 0.6 is 15.9 Å². The molecule has 112 valence electrons. The molecular formula is C18H22BrNO. The minimum atomic E-state index is 0.384. The molecule has 0 aliphatic rings. The second-order valence-electron chi connectivity index (χ2n) is 5.34. The first-order chi connectivity index (χ1) is 10.1. The van der Waals surface area contributed by atoms with Crippen molar-refractivity contribution in [2.75, 3.05) is 14.2 Å². The summed E-state index contributed by atoms with van der Waals surface area (Å²) in [4.78, 5) is 0. The highest BCUT2D eigenvalue weighted by molar-refractivity contribution is 9.10. The fourth-order valence-corrected chi connectivity index (χ4v) is 2.98. The van der Waals surface area contributed by atoms with Gasteiger partial charge in [0.2, 0.25) is 0 Å². The van der Waals surface area contributed by atoms with Crippen LogP contribution in [0.15, 0.2) is 46.9 Å². The Morgan fingerprint density at radius 1 is 1.14 bits per heavy atom. The highest BCUT2D eigenvalue weighted by Gasteiger charge is 2.12. The Hall–Kier alpha value is -1.32. The van der Waals surface area contributed by atoms with Crippen molar-refractivity contribution in [3.05, 3.63) is 63.6 Å². The predicted octanol–water partition coefficient (Wildman–Crippen LogP) is 4.14. The number of benzene rings is 2. The molecule has 21 heavy (non-hydrogen) atoms. The Morgan fingerprint density at radius 2 is 1.95 bits per heavy atom. The lowest BCUT2D eigenvalue weighted by atomic mass is 9.97. The van der Waals surface area contributed by atoms with Gasteiger partial charge in [0.05, 0.1) is 7.11 Å². The third-order valence-electron chi connectivity index (χ3n) is 3.68. The number of halogens is 1. The molecule has 2 aromatic carbocycles. The van der Waals surface area contributed by atoms with Crippen molar-refractivity contribution in [3.8, 4) is 5.75 Å². The van der Waals surface area contributed by atoms with Crippen LogP contribution in [-0.2, 0) is 12.8 Å². The van der Waals surface area contributed by atoms with Crippen molar-refractivity contribution in [2.45, 2.75) is 25.8 Å². The third kappa shape index (κ3) is 4.58. The molecule has 0 fully saturated rings. The topological polar surface area (TPSA) is 21.3 Å². The van der Waals surface area contributed by atoms with Crippen molar-refractivity contribution in [1.29, 1.82) is 0 Å². The lowest BCUT2D eigenvalue weighted by Crippen LogP contribution is -2.30. The van der Waals surface area contributed by atoms with Gasteiger partial charge in [-0.2, -0.15) is 0 Å². The zero-order valence-electron chi connectivity index (χ0n) is 12.8. The van der Waals surface area contributed by atoms with Crippen LogP contribution in [0.4, 0.5) is 0 Å². The number of nitrogens with one attached hydrogen (secondary N) is 1. The van der Waals surface area contributed by atoms with E-state index in [4.69, 9.17) is 4.74 Å². The molecule has 1 unspecified atom stereocenters. The maximum absolute atomic E-state index is 5.47. The zero-order chi connectivity index (χ0) is 15.2. The molecule has 0 aliphatic carbocycles. The summed E-state index contributed by atoms with van der Waals surface area (Å²) in [7, 11) is 3.74. The molecule has 2 aromatic rings. The van der Waals surface area contributed by atoms with Crippen molar-refractivity contribution in [2.24, 2.45) is 0 Å². The van der Waals surface area contributed by atoms with E-state index in [1.807, 2.05) is 19.2 Å². The van der Waals surface area contributed by atoms with Crippen LogP contribution in [0.25, 0.3) is 0 Å². The molecule has 0 amide bonds. The van der Waals surface area contributed by atoms with E-state index in [1.165, 1.54) is 16.7 Å². The van der Waals surface area contributed by atoms with Crippen molar-refractivity contribution in [3.63, 3.8) is 0 Å². The van der Waals surface area contributed by atoms with Crippen molar-refractivity contribution in [1.82, 2.24) is 5.32 Å². The molecule has 0 saturated heterocycles. The number of likely N-dealkylation sites (N-methyl/N-ethyl adjacent to an activating group) is 1. The summed E-state index contributed by atoms with van der Waals surface area (Å²) in [5, 5.41) is 3.42. The van der Waals surface area contributed by atoms with Gasteiger partial charge in [-0.05, 0) is 56.1 Å². The van der Waals surface area contributed by atoms with Crippen LogP contribution < -0.4 is 10.1 Å². The lowest BCUT2D eigenvalue weighted by molar-refractivity contribution is 0.405. The summed E-state index contributed by atoms with van der Waals surface area (Å²) in [5.41, 5.74) is 3.89. The molecule has 0 aromatic heterocycles. The van der Waals surface area contributed by atoms with Crippen LogP contribution in [0.1, 0.15) is 16.7 Å². The monoisotopic (exact) mass is 347 g/mol. The summed E-state index contributed by atoms with van der Waals surface area (Å²) >= 11 is 3.54. The largest absolute Gasteiger partial charge is 0.496 e. The summed E-state index contributed by atoms with van der Waals surface area (Å²) < 4.78 is 6.55. The van der Waals surface area contributed by atoms with Gasteiger partial charge < -0.3 is 10.1 Å². The van der Waals surface area contributed by atoms with Crippen molar-refractivity contribution < 1.29 is 4.74 Å². The second kappa shape index (κ2) is 7.62. The second-order valence-corrected chi connectivity index (χ2v) is 6.25. The maximum Gasteiger partial charge on any atom is 0.122 e. The Kier molecular flexibility index (Phi) is 5.83. The van der Waals surface area contributed by atoms with Gasteiger partial charge in [-0.1, -0.05) is 45.8 Å². The summed E-state index contributed by atoms with van der Waals surface area (Å²) in [6.45, 7) is 2.13. The highest BCUT2D eigenvalue weighted by Crippen LogP contribution is 2.24. The van der Waals surface area contributed by atoms with Crippen LogP contribution in [-0.4, -0.2) is 20.2 Å². The Bertz CT molecular complexity index is 598. The fourth-order valence-electron chi connectivity index (χ4n) is 2.57. The number of rotatable bonds is 6. The van der Waals surface area contributed by atoms with Gasteiger partial charge in [0.1, 0.15) is 5.75 Å². The maximum atomic E-state index is 5.47. The fraction of sp³-hybridized carbons (Fsp3) is 0.333. The lowest BCUT2D eigenvalue weighted by Gasteiger charge is -2.18. The number of hydrogen-bond donors (Lipinski definition) is 1. The number of methoxy groups -OCH3 is 1. The van der Waals surface area contributed by atoms with Gasteiger partial charge in [-0.15, -0.1) is 0 Å². The zero-order valence-corrected chi connectivity index (χ0v) is 14.4. The quantitative estimate of drug-likeness (QED) is 0.847. The van der Waals surface area contributed by atoms with E-state index in [-0.39, 0.29) is 0 Å². The van der Waals surface area contributed by atoms with Gasteiger partial charge in [-0.25, -0.2) is 0 Å². The van der Waals surface area contributed by atoms with E-state index in [0.29, 0.717) is 6.04 Å². The van der Waals surface area contributed by atoms with E-state index in [0.717, 1.165) is 23.1 Å². The van der Waals surface area contributed by atoms with E-state index in [9.17, 15) is 0 Å². The molecular weight excluding hydrogens is 326 g/mol. The molecule has 3 heteroatoms. The molecule has 1 atom stereocenters. The first-order valence-corrected chi connectivity index (χ1v) is 7.97. The van der Waals surface area contributed by atoms with E-state index >= 15 is 0 Å². The first kappa shape index (κ1) is 16.1. The molecule has 2 nitrogen and oxygen atoms in total.